The first kappa shape index (κ1) is 30.7. The number of hydrogen-bond acceptors (Lipinski definition) is 14. The second-order valence-electron chi connectivity index (χ2n) is 10.5. The Morgan fingerprint density at radius 1 is 0.814 bits per heavy atom. The van der Waals surface area contributed by atoms with Gasteiger partial charge >= 0.3 is 5.97 Å². The molecule has 5 rings (SSSR count). The van der Waals surface area contributed by atoms with Crippen LogP contribution < -0.4 is 14.9 Å². The number of hydrogen-bond donors (Lipinski definition) is 6. The number of carbonyl (C=O) groups is 1. The average molecular weight is 605 g/mol. The quantitative estimate of drug-likeness (QED) is 0.207. The monoisotopic (exact) mass is 604 g/mol. The highest BCUT2D eigenvalue weighted by molar-refractivity contribution is 5.88. The van der Waals surface area contributed by atoms with Crippen molar-refractivity contribution in [3.05, 3.63) is 52.7 Å². The summed E-state index contributed by atoms with van der Waals surface area (Å²) in [5.41, 5.74) is -0.639. The van der Waals surface area contributed by atoms with Gasteiger partial charge in [0.05, 0.1) is 12.2 Å². The fraction of sp³-hybridized carbons (Fsp3) is 0.448. The lowest BCUT2D eigenvalue weighted by atomic mass is 9.99. The number of esters is 1. The molecule has 43 heavy (non-hydrogen) atoms. The highest BCUT2D eigenvalue weighted by atomic mass is 16.7. The van der Waals surface area contributed by atoms with E-state index in [1.165, 1.54) is 19.9 Å². The van der Waals surface area contributed by atoms with Gasteiger partial charge in [-0.05, 0) is 13.8 Å². The molecule has 0 bridgehead atoms. The van der Waals surface area contributed by atoms with Crippen LogP contribution in [0.2, 0.25) is 0 Å². The number of ether oxygens (including phenoxy) is 5. The first-order valence-electron chi connectivity index (χ1n) is 13.5. The van der Waals surface area contributed by atoms with Crippen LogP contribution in [0.4, 0.5) is 0 Å². The number of phenols is 1. The molecule has 14 nitrogen and oxygen atoms in total. The lowest BCUT2D eigenvalue weighted by Gasteiger charge is -2.40. The zero-order valence-corrected chi connectivity index (χ0v) is 23.3. The van der Waals surface area contributed by atoms with Gasteiger partial charge in [-0.25, -0.2) is 0 Å². The summed E-state index contributed by atoms with van der Waals surface area (Å²) in [4.78, 5) is 25.2. The fourth-order valence-electron chi connectivity index (χ4n) is 5.03. The van der Waals surface area contributed by atoms with Crippen molar-refractivity contribution >= 4 is 16.9 Å². The predicted octanol–water partition coefficient (Wildman–Crippen LogP) is 0.149. The molecule has 14 heteroatoms. The number of carbonyl (C=O) groups excluding carboxylic acids is 1. The third-order valence-corrected chi connectivity index (χ3v) is 7.32. The van der Waals surface area contributed by atoms with Gasteiger partial charge in [-0.1, -0.05) is 30.3 Å². The van der Waals surface area contributed by atoms with Gasteiger partial charge in [-0.15, -0.1) is 0 Å². The van der Waals surface area contributed by atoms with Gasteiger partial charge in [0.25, 0.3) is 0 Å². The SMILES string of the molecule is CC(=O)OC1C(C)OC(Oc2c(-c3ccccc3)oc3cc(OC4OC(C)C(O)C(O)C4O)cc(O)c3c2=O)C(O)C1O. The molecular weight excluding hydrogens is 572 g/mol. The van der Waals surface area contributed by atoms with E-state index in [0.717, 1.165) is 13.0 Å². The Hall–Kier alpha value is -3.76. The van der Waals surface area contributed by atoms with Gasteiger partial charge < -0.3 is 58.7 Å². The van der Waals surface area contributed by atoms with Gasteiger partial charge in [-0.2, -0.15) is 0 Å². The second-order valence-corrected chi connectivity index (χ2v) is 10.5. The number of phenolic OH excluding ortho intramolecular Hbond substituents is 1. The van der Waals surface area contributed by atoms with E-state index in [1.807, 2.05) is 0 Å². The molecule has 0 amide bonds. The number of rotatable bonds is 6. The van der Waals surface area contributed by atoms with Crippen molar-refractivity contribution < 1.29 is 63.5 Å². The summed E-state index contributed by atoms with van der Waals surface area (Å²) in [6.45, 7) is 4.10. The molecule has 3 heterocycles. The van der Waals surface area contributed by atoms with Crippen molar-refractivity contribution in [1.82, 2.24) is 0 Å². The summed E-state index contributed by atoms with van der Waals surface area (Å²) in [5.74, 6) is -1.96. The van der Waals surface area contributed by atoms with Crippen LogP contribution in [-0.4, -0.2) is 98.0 Å². The van der Waals surface area contributed by atoms with Crippen molar-refractivity contribution in [3.63, 3.8) is 0 Å². The highest BCUT2D eigenvalue weighted by Gasteiger charge is 2.47. The molecule has 3 aromatic rings. The minimum absolute atomic E-state index is 0.0971. The number of aromatic hydroxyl groups is 1. The van der Waals surface area contributed by atoms with E-state index in [9.17, 15) is 40.2 Å². The number of fused-ring (bicyclic) bond motifs is 1. The van der Waals surface area contributed by atoms with E-state index in [4.69, 9.17) is 28.1 Å². The van der Waals surface area contributed by atoms with E-state index in [-0.39, 0.29) is 22.5 Å². The highest BCUT2D eigenvalue weighted by Crippen LogP contribution is 2.38. The Morgan fingerprint density at radius 2 is 1.44 bits per heavy atom. The summed E-state index contributed by atoms with van der Waals surface area (Å²) in [5, 5.41) is 62.3. The Bertz CT molecular complexity index is 1520. The minimum atomic E-state index is -1.75. The smallest absolute Gasteiger partial charge is 0.303 e. The molecule has 2 saturated heterocycles. The van der Waals surface area contributed by atoms with Crippen LogP contribution in [0.3, 0.4) is 0 Å². The average Bonchev–Trinajstić information content (AvgIpc) is 2.96. The summed E-state index contributed by atoms with van der Waals surface area (Å²) < 4.78 is 33.7. The van der Waals surface area contributed by atoms with Crippen LogP contribution in [0.1, 0.15) is 20.8 Å². The van der Waals surface area contributed by atoms with Crippen molar-refractivity contribution in [3.8, 4) is 28.6 Å². The molecular formula is C29H32O14. The zero-order valence-electron chi connectivity index (χ0n) is 23.3. The first-order chi connectivity index (χ1) is 20.4. The van der Waals surface area contributed by atoms with E-state index < -0.39 is 84.3 Å². The Morgan fingerprint density at radius 3 is 2.12 bits per heavy atom. The molecule has 10 atom stereocenters. The van der Waals surface area contributed by atoms with Crippen LogP contribution in [0, 0.1) is 0 Å². The number of benzene rings is 2. The zero-order chi connectivity index (χ0) is 31.2. The summed E-state index contributed by atoms with van der Waals surface area (Å²) in [7, 11) is 0. The third-order valence-electron chi connectivity index (χ3n) is 7.32. The molecule has 0 radical (unpaired) electrons. The standard InChI is InChI=1S/C29H32O14/c1-11-19(32)21(34)23(36)28(38-11)41-15-9-16(31)18-17(10-15)42-26(14-7-5-4-6-8-14)27(20(18)33)43-29-24(37)22(35)25(12(2)39-29)40-13(3)30/h4-12,19,21-25,28-29,31-32,34-37H,1-3H3. The maximum absolute atomic E-state index is 13.8. The summed E-state index contributed by atoms with van der Waals surface area (Å²) in [6.07, 6.45) is -14.0. The molecule has 0 spiro atoms. The second kappa shape index (κ2) is 12.1. The molecule has 2 fully saturated rings. The third kappa shape index (κ3) is 5.90. The summed E-state index contributed by atoms with van der Waals surface area (Å²) in [6, 6.07) is 10.6. The maximum Gasteiger partial charge on any atom is 0.303 e. The van der Waals surface area contributed by atoms with Crippen LogP contribution in [0.5, 0.6) is 17.2 Å². The number of aliphatic hydroxyl groups excluding tert-OH is 5. The van der Waals surface area contributed by atoms with Crippen LogP contribution >= 0.6 is 0 Å². The first-order valence-corrected chi connectivity index (χ1v) is 13.5. The Kier molecular flexibility index (Phi) is 8.63. The summed E-state index contributed by atoms with van der Waals surface area (Å²) >= 11 is 0. The normalized spacial score (nSPS) is 32.7. The molecule has 6 N–H and O–H groups in total. The molecule has 1 aromatic heterocycles. The topological polar surface area (TPSA) is 215 Å². The minimum Gasteiger partial charge on any atom is -0.507 e. The fourth-order valence-corrected chi connectivity index (χ4v) is 5.03. The van der Waals surface area contributed by atoms with Gasteiger partial charge in [0, 0.05) is 24.6 Å². The van der Waals surface area contributed by atoms with E-state index in [1.54, 1.807) is 30.3 Å². The largest absolute Gasteiger partial charge is 0.507 e. The van der Waals surface area contributed by atoms with E-state index >= 15 is 0 Å². The van der Waals surface area contributed by atoms with Crippen LogP contribution in [0.15, 0.2) is 51.7 Å². The van der Waals surface area contributed by atoms with Crippen molar-refractivity contribution in [2.24, 2.45) is 0 Å². The van der Waals surface area contributed by atoms with E-state index in [2.05, 4.69) is 0 Å². The van der Waals surface area contributed by atoms with Crippen molar-refractivity contribution in [2.75, 3.05) is 0 Å². The van der Waals surface area contributed by atoms with Gasteiger partial charge in [0.15, 0.2) is 11.9 Å². The van der Waals surface area contributed by atoms with Crippen LogP contribution in [-0.2, 0) is 19.0 Å². The number of aliphatic hydroxyl groups is 5. The molecule has 2 aromatic carbocycles. The molecule has 232 valence electrons. The Balaban J connectivity index is 1.54. The predicted molar refractivity (Wildman–Crippen MR) is 145 cm³/mol. The molecule has 10 unspecified atom stereocenters. The lowest BCUT2D eigenvalue weighted by Crippen LogP contribution is -2.59. The molecule has 0 saturated carbocycles. The van der Waals surface area contributed by atoms with E-state index in [0.29, 0.717) is 5.56 Å². The van der Waals surface area contributed by atoms with Gasteiger partial charge in [0.1, 0.15) is 53.0 Å². The lowest BCUT2D eigenvalue weighted by molar-refractivity contribution is -0.272. The molecule has 0 aliphatic carbocycles. The Labute approximate surface area is 244 Å². The molecule has 2 aliphatic heterocycles. The molecule has 2 aliphatic rings. The maximum atomic E-state index is 13.8. The van der Waals surface area contributed by atoms with Gasteiger partial charge in [0.2, 0.25) is 23.8 Å². The van der Waals surface area contributed by atoms with Crippen molar-refractivity contribution in [2.45, 2.75) is 82.2 Å². The van der Waals surface area contributed by atoms with Crippen LogP contribution in [0.25, 0.3) is 22.3 Å². The van der Waals surface area contributed by atoms with Crippen molar-refractivity contribution in [1.29, 1.82) is 0 Å². The van der Waals surface area contributed by atoms with Gasteiger partial charge in [-0.3, -0.25) is 9.59 Å².